The second kappa shape index (κ2) is 8.96. The second-order valence-corrected chi connectivity index (χ2v) is 7.05. The molecule has 0 atom stereocenters. The molecule has 1 aromatic carbocycles. The zero-order chi connectivity index (χ0) is 16.7. The largest absolute Gasteiger partial charge is 0.353 e. The molecule has 1 N–H and O–H groups in total. The molecule has 1 aromatic heterocycles. The van der Waals surface area contributed by atoms with Crippen molar-refractivity contribution in [2.75, 3.05) is 5.75 Å². The molecular weight excluding hydrogens is 306 g/mol. The first-order chi connectivity index (χ1) is 11.1. The van der Waals surface area contributed by atoms with E-state index in [4.69, 9.17) is 4.98 Å². The van der Waals surface area contributed by atoms with Gasteiger partial charge in [-0.15, -0.1) is 0 Å². The molecule has 0 fully saturated rings. The number of fused-ring (bicyclic) bond motifs is 1. The maximum Gasteiger partial charge on any atom is 0.230 e. The van der Waals surface area contributed by atoms with Gasteiger partial charge in [0.05, 0.1) is 16.8 Å². The molecule has 0 aliphatic carbocycles. The molecule has 0 aliphatic heterocycles. The highest BCUT2D eigenvalue weighted by atomic mass is 32.2. The minimum atomic E-state index is 0.0644. The number of imidazole rings is 1. The number of para-hydroxylation sites is 2. The van der Waals surface area contributed by atoms with E-state index >= 15 is 0 Å². The Kier molecular flexibility index (Phi) is 6.96. The Morgan fingerprint density at radius 2 is 2.04 bits per heavy atom. The summed E-state index contributed by atoms with van der Waals surface area (Å²) in [6.07, 6.45) is 4.90. The lowest BCUT2D eigenvalue weighted by Crippen LogP contribution is -2.31. The Morgan fingerprint density at radius 3 is 2.78 bits per heavy atom. The number of carbonyl (C=O) groups excluding carboxylic acids is 1. The molecule has 2 rings (SSSR count). The van der Waals surface area contributed by atoms with Crippen LogP contribution < -0.4 is 5.32 Å². The van der Waals surface area contributed by atoms with Crippen LogP contribution in [-0.4, -0.2) is 27.3 Å². The number of benzene rings is 1. The monoisotopic (exact) mass is 333 g/mol. The lowest BCUT2D eigenvalue weighted by Gasteiger charge is -2.10. The quantitative estimate of drug-likeness (QED) is 0.552. The third-order valence-electron chi connectivity index (χ3n) is 3.64. The van der Waals surface area contributed by atoms with E-state index in [1.54, 1.807) is 0 Å². The molecular formula is C18H27N3OS. The number of thioether (sulfide) groups is 1. The van der Waals surface area contributed by atoms with Crippen LogP contribution in [0.1, 0.15) is 46.5 Å². The van der Waals surface area contributed by atoms with Gasteiger partial charge in [0.25, 0.3) is 0 Å². The zero-order valence-electron chi connectivity index (χ0n) is 14.3. The molecule has 126 valence electrons. The number of hydrogen-bond donors (Lipinski definition) is 1. The molecule has 5 heteroatoms. The first-order valence-corrected chi connectivity index (χ1v) is 9.47. The van der Waals surface area contributed by atoms with Gasteiger partial charge in [0.15, 0.2) is 5.16 Å². The van der Waals surface area contributed by atoms with Gasteiger partial charge in [0.2, 0.25) is 5.91 Å². The molecule has 4 nitrogen and oxygen atoms in total. The molecule has 0 unspecified atom stereocenters. The van der Waals surface area contributed by atoms with Crippen molar-refractivity contribution >= 4 is 28.7 Å². The van der Waals surface area contributed by atoms with Crippen molar-refractivity contribution in [3.63, 3.8) is 0 Å². The maximum absolute atomic E-state index is 11.9. The summed E-state index contributed by atoms with van der Waals surface area (Å²) in [6, 6.07) is 8.38. The van der Waals surface area contributed by atoms with Crippen LogP contribution in [0.3, 0.4) is 0 Å². The van der Waals surface area contributed by atoms with Gasteiger partial charge in [-0.1, -0.05) is 50.1 Å². The van der Waals surface area contributed by atoms with Crippen molar-refractivity contribution in [1.29, 1.82) is 0 Å². The topological polar surface area (TPSA) is 46.9 Å². The molecule has 1 amide bonds. The Hall–Kier alpha value is -1.49. The van der Waals surface area contributed by atoms with Crippen LogP contribution in [-0.2, 0) is 11.3 Å². The summed E-state index contributed by atoms with van der Waals surface area (Å²) >= 11 is 1.53. The van der Waals surface area contributed by atoms with Crippen LogP contribution in [0.4, 0.5) is 0 Å². The van der Waals surface area contributed by atoms with Gasteiger partial charge < -0.3 is 9.88 Å². The lowest BCUT2D eigenvalue weighted by molar-refractivity contribution is -0.119. The first kappa shape index (κ1) is 17.9. The van der Waals surface area contributed by atoms with E-state index < -0.39 is 0 Å². The fourth-order valence-electron chi connectivity index (χ4n) is 2.57. The Balaban J connectivity index is 2.09. The minimum Gasteiger partial charge on any atom is -0.353 e. The van der Waals surface area contributed by atoms with E-state index in [2.05, 4.69) is 22.9 Å². The predicted molar refractivity (Wildman–Crippen MR) is 97.9 cm³/mol. The zero-order valence-corrected chi connectivity index (χ0v) is 15.2. The number of aryl methyl sites for hydroxylation is 1. The summed E-state index contributed by atoms with van der Waals surface area (Å²) in [5, 5.41) is 3.88. The number of rotatable bonds is 9. The third kappa shape index (κ3) is 5.27. The van der Waals surface area contributed by atoms with E-state index in [1.807, 2.05) is 32.0 Å². The Morgan fingerprint density at radius 1 is 1.26 bits per heavy atom. The third-order valence-corrected chi connectivity index (χ3v) is 4.61. The summed E-state index contributed by atoms with van der Waals surface area (Å²) in [4.78, 5) is 16.6. The van der Waals surface area contributed by atoms with Crippen molar-refractivity contribution in [2.24, 2.45) is 0 Å². The van der Waals surface area contributed by atoms with Crippen LogP contribution >= 0.6 is 11.8 Å². The number of nitrogens with one attached hydrogen (secondary N) is 1. The Bertz CT molecular complexity index is 636. The molecule has 1 heterocycles. The van der Waals surface area contributed by atoms with Crippen LogP contribution in [0.2, 0.25) is 0 Å². The van der Waals surface area contributed by atoms with Gasteiger partial charge in [0, 0.05) is 12.6 Å². The second-order valence-electron chi connectivity index (χ2n) is 6.11. The number of nitrogens with zero attached hydrogens (tertiary/aromatic N) is 2. The number of carbonyl (C=O) groups is 1. The van der Waals surface area contributed by atoms with Crippen LogP contribution in [0.5, 0.6) is 0 Å². The number of amides is 1. The highest BCUT2D eigenvalue weighted by Gasteiger charge is 2.13. The molecule has 2 aromatic rings. The number of unbranched alkanes of at least 4 members (excludes halogenated alkanes) is 3. The summed E-state index contributed by atoms with van der Waals surface area (Å²) in [5.74, 6) is 0.478. The summed E-state index contributed by atoms with van der Waals surface area (Å²) in [6.45, 7) is 7.15. The van der Waals surface area contributed by atoms with Gasteiger partial charge in [-0.05, 0) is 32.4 Å². The molecule has 0 saturated heterocycles. The Labute approximate surface area is 143 Å². The van der Waals surface area contributed by atoms with Crippen molar-refractivity contribution in [1.82, 2.24) is 14.9 Å². The van der Waals surface area contributed by atoms with Gasteiger partial charge in [-0.25, -0.2) is 4.98 Å². The van der Waals surface area contributed by atoms with Crippen LogP contribution in [0, 0.1) is 0 Å². The standard InChI is InChI=1S/C18H27N3OS/c1-4-5-6-9-12-21-16-11-8-7-10-15(16)20-18(21)23-13-17(22)19-14(2)3/h7-8,10-11,14H,4-6,9,12-13H2,1-3H3,(H,19,22). The van der Waals surface area contributed by atoms with Gasteiger partial charge in [-0.3, -0.25) is 4.79 Å². The average molecular weight is 334 g/mol. The van der Waals surface area contributed by atoms with Crippen molar-refractivity contribution in [3.05, 3.63) is 24.3 Å². The highest BCUT2D eigenvalue weighted by molar-refractivity contribution is 7.99. The van der Waals surface area contributed by atoms with E-state index in [0.717, 1.165) is 29.2 Å². The lowest BCUT2D eigenvalue weighted by atomic mass is 10.2. The normalized spacial score (nSPS) is 11.3. The fraction of sp³-hybridized carbons (Fsp3) is 0.556. The maximum atomic E-state index is 11.9. The van der Waals surface area contributed by atoms with Gasteiger partial charge in [-0.2, -0.15) is 0 Å². The minimum absolute atomic E-state index is 0.0644. The molecule has 0 spiro atoms. The molecule has 23 heavy (non-hydrogen) atoms. The fourth-order valence-corrected chi connectivity index (χ4v) is 3.42. The van der Waals surface area contributed by atoms with E-state index in [-0.39, 0.29) is 11.9 Å². The van der Waals surface area contributed by atoms with Crippen LogP contribution in [0.15, 0.2) is 29.4 Å². The summed E-state index contributed by atoms with van der Waals surface area (Å²) in [5.41, 5.74) is 2.17. The van der Waals surface area contributed by atoms with Gasteiger partial charge >= 0.3 is 0 Å². The average Bonchev–Trinajstić information content (AvgIpc) is 2.87. The SMILES string of the molecule is CCCCCCn1c(SCC(=O)NC(C)C)nc2ccccc21. The first-order valence-electron chi connectivity index (χ1n) is 8.49. The van der Waals surface area contributed by atoms with Crippen molar-refractivity contribution in [3.8, 4) is 0 Å². The van der Waals surface area contributed by atoms with Crippen molar-refractivity contribution < 1.29 is 4.79 Å². The van der Waals surface area contributed by atoms with Crippen LogP contribution in [0.25, 0.3) is 11.0 Å². The smallest absolute Gasteiger partial charge is 0.230 e. The van der Waals surface area contributed by atoms with E-state index in [9.17, 15) is 4.79 Å². The van der Waals surface area contributed by atoms with E-state index in [0.29, 0.717) is 5.75 Å². The number of aromatic nitrogens is 2. The summed E-state index contributed by atoms with van der Waals surface area (Å²) < 4.78 is 2.26. The van der Waals surface area contributed by atoms with Crippen molar-refractivity contribution in [2.45, 2.75) is 64.2 Å². The molecule has 0 aliphatic rings. The van der Waals surface area contributed by atoms with E-state index in [1.165, 1.54) is 31.0 Å². The highest BCUT2D eigenvalue weighted by Crippen LogP contribution is 2.24. The summed E-state index contributed by atoms with van der Waals surface area (Å²) in [7, 11) is 0. The molecule has 0 saturated carbocycles. The number of hydrogen-bond acceptors (Lipinski definition) is 3. The molecule has 0 bridgehead atoms. The predicted octanol–water partition coefficient (Wildman–Crippen LogP) is 4.23. The van der Waals surface area contributed by atoms with Gasteiger partial charge in [0.1, 0.15) is 0 Å². The molecule has 0 radical (unpaired) electrons.